The summed E-state index contributed by atoms with van der Waals surface area (Å²) in [5, 5.41) is 3.75. The molecule has 0 spiro atoms. The number of aromatic nitrogens is 1. The molecular weight excluding hydrogens is 316 g/mol. The molecule has 1 aromatic heterocycles. The Morgan fingerprint density at radius 2 is 1.92 bits per heavy atom. The smallest absolute Gasteiger partial charge is 0.331 e. The molecule has 132 valence electrons. The van der Waals surface area contributed by atoms with Gasteiger partial charge in [-0.2, -0.15) is 0 Å². The second kappa shape index (κ2) is 8.51. The predicted molar refractivity (Wildman–Crippen MR) is 97.2 cm³/mol. The van der Waals surface area contributed by atoms with Crippen molar-refractivity contribution >= 4 is 17.7 Å². The lowest BCUT2D eigenvalue weighted by molar-refractivity contribution is -0.139. The first-order valence-corrected chi connectivity index (χ1v) is 8.83. The molecule has 1 aromatic carbocycles. The summed E-state index contributed by atoms with van der Waals surface area (Å²) in [6, 6.07) is 10.0. The lowest BCUT2D eigenvalue weighted by atomic mass is 10.1. The third-order valence-electron chi connectivity index (χ3n) is 4.31. The maximum absolute atomic E-state index is 11.8. The van der Waals surface area contributed by atoms with Crippen LogP contribution in [0.1, 0.15) is 42.7 Å². The zero-order valence-corrected chi connectivity index (χ0v) is 14.6. The SMILES string of the molecule is Cc1cc(COC(=O)/C=C/c2ccc(N3CCCCCC3)cc2)on1. The van der Waals surface area contributed by atoms with Crippen LogP contribution < -0.4 is 4.90 Å². The molecule has 25 heavy (non-hydrogen) atoms. The van der Waals surface area contributed by atoms with Crippen molar-refractivity contribution in [3.05, 3.63) is 53.4 Å². The summed E-state index contributed by atoms with van der Waals surface area (Å²) >= 11 is 0. The third kappa shape index (κ3) is 5.21. The Morgan fingerprint density at radius 1 is 1.20 bits per heavy atom. The maximum atomic E-state index is 11.8. The molecule has 5 nitrogen and oxygen atoms in total. The van der Waals surface area contributed by atoms with Crippen molar-refractivity contribution in [3.63, 3.8) is 0 Å². The Labute approximate surface area is 148 Å². The lowest BCUT2D eigenvalue weighted by Gasteiger charge is -2.22. The zero-order valence-electron chi connectivity index (χ0n) is 14.6. The van der Waals surface area contributed by atoms with Crippen LogP contribution in [0, 0.1) is 6.92 Å². The Balaban J connectivity index is 1.51. The number of nitrogens with zero attached hydrogens (tertiary/aromatic N) is 2. The van der Waals surface area contributed by atoms with Gasteiger partial charge in [0.15, 0.2) is 12.4 Å². The molecule has 0 bridgehead atoms. The van der Waals surface area contributed by atoms with Crippen LogP contribution in [0.25, 0.3) is 6.08 Å². The number of aryl methyl sites for hydroxylation is 1. The largest absolute Gasteiger partial charge is 0.454 e. The first-order chi connectivity index (χ1) is 12.2. The van der Waals surface area contributed by atoms with E-state index < -0.39 is 5.97 Å². The highest BCUT2D eigenvalue weighted by atomic mass is 16.5. The number of rotatable bonds is 5. The molecule has 5 heteroatoms. The number of hydrogen-bond donors (Lipinski definition) is 0. The fourth-order valence-electron chi connectivity index (χ4n) is 2.96. The standard InChI is InChI=1S/C20H24N2O3/c1-16-14-19(25-21-16)15-24-20(23)11-8-17-6-9-18(10-7-17)22-12-4-2-3-5-13-22/h6-11,14H,2-5,12-13,15H2,1H3/b11-8+. The number of anilines is 1. The molecule has 0 radical (unpaired) electrons. The van der Waals surface area contributed by atoms with E-state index in [-0.39, 0.29) is 6.61 Å². The summed E-state index contributed by atoms with van der Waals surface area (Å²) in [6.07, 6.45) is 8.38. The third-order valence-corrected chi connectivity index (χ3v) is 4.31. The van der Waals surface area contributed by atoms with E-state index in [1.807, 2.05) is 19.1 Å². The molecule has 3 rings (SSSR count). The van der Waals surface area contributed by atoms with Crippen LogP contribution in [-0.2, 0) is 16.1 Å². The predicted octanol–water partition coefficient (Wildman–Crippen LogP) is 4.12. The van der Waals surface area contributed by atoms with Gasteiger partial charge in [0, 0.05) is 30.9 Å². The molecule has 2 heterocycles. The maximum Gasteiger partial charge on any atom is 0.331 e. The minimum Gasteiger partial charge on any atom is -0.454 e. The highest BCUT2D eigenvalue weighted by Gasteiger charge is 2.09. The van der Waals surface area contributed by atoms with Crippen LogP contribution in [0.15, 0.2) is 40.9 Å². The van der Waals surface area contributed by atoms with Gasteiger partial charge in [0.05, 0.1) is 5.69 Å². The van der Waals surface area contributed by atoms with Crippen LogP contribution in [0.2, 0.25) is 0 Å². The van der Waals surface area contributed by atoms with Crippen LogP contribution >= 0.6 is 0 Å². The quantitative estimate of drug-likeness (QED) is 0.605. The molecule has 1 fully saturated rings. The molecule has 0 atom stereocenters. The van der Waals surface area contributed by atoms with Gasteiger partial charge in [0.25, 0.3) is 0 Å². The summed E-state index contributed by atoms with van der Waals surface area (Å²) in [6.45, 7) is 4.17. The Hall–Kier alpha value is -2.56. The second-order valence-corrected chi connectivity index (χ2v) is 6.37. The molecule has 0 aliphatic carbocycles. The van der Waals surface area contributed by atoms with E-state index in [2.05, 4.69) is 22.2 Å². The average Bonchev–Trinajstić information content (AvgIpc) is 2.87. The van der Waals surface area contributed by atoms with E-state index >= 15 is 0 Å². The fourth-order valence-corrected chi connectivity index (χ4v) is 2.96. The number of ether oxygens (including phenoxy) is 1. The molecule has 0 N–H and O–H groups in total. The molecule has 0 amide bonds. The number of benzene rings is 1. The van der Waals surface area contributed by atoms with Crippen LogP contribution in [0.3, 0.4) is 0 Å². The van der Waals surface area contributed by atoms with Gasteiger partial charge in [-0.1, -0.05) is 30.1 Å². The van der Waals surface area contributed by atoms with Gasteiger partial charge < -0.3 is 14.2 Å². The van der Waals surface area contributed by atoms with Gasteiger partial charge >= 0.3 is 5.97 Å². The number of carbonyl (C=O) groups excluding carboxylic acids is 1. The minimum absolute atomic E-state index is 0.0951. The lowest BCUT2D eigenvalue weighted by Crippen LogP contribution is -2.23. The topological polar surface area (TPSA) is 55.6 Å². The van der Waals surface area contributed by atoms with Gasteiger partial charge in [-0.25, -0.2) is 4.79 Å². The summed E-state index contributed by atoms with van der Waals surface area (Å²) in [7, 11) is 0. The van der Waals surface area contributed by atoms with E-state index in [1.165, 1.54) is 37.4 Å². The Kier molecular flexibility index (Phi) is 5.88. The first-order valence-electron chi connectivity index (χ1n) is 8.83. The Bertz CT molecular complexity index is 711. The van der Waals surface area contributed by atoms with E-state index in [0.29, 0.717) is 5.76 Å². The van der Waals surface area contributed by atoms with Gasteiger partial charge in [0.1, 0.15) is 0 Å². The summed E-state index contributed by atoms with van der Waals surface area (Å²) in [5.41, 5.74) is 3.00. The Morgan fingerprint density at radius 3 is 2.56 bits per heavy atom. The first kappa shape index (κ1) is 17.3. The van der Waals surface area contributed by atoms with Crippen molar-refractivity contribution in [1.82, 2.24) is 5.16 Å². The number of hydrogen-bond acceptors (Lipinski definition) is 5. The highest BCUT2D eigenvalue weighted by Crippen LogP contribution is 2.20. The van der Waals surface area contributed by atoms with Crippen molar-refractivity contribution in [3.8, 4) is 0 Å². The van der Waals surface area contributed by atoms with Gasteiger partial charge in [0.2, 0.25) is 0 Å². The van der Waals surface area contributed by atoms with E-state index in [1.54, 1.807) is 12.1 Å². The molecular formula is C20H24N2O3. The normalized spacial score (nSPS) is 15.3. The molecule has 1 saturated heterocycles. The van der Waals surface area contributed by atoms with E-state index in [9.17, 15) is 4.79 Å². The van der Waals surface area contributed by atoms with Gasteiger partial charge in [-0.15, -0.1) is 0 Å². The number of esters is 1. The highest BCUT2D eigenvalue weighted by molar-refractivity contribution is 5.87. The van der Waals surface area contributed by atoms with Crippen molar-refractivity contribution in [2.75, 3.05) is 18.0 Å². The van der Waals surface area contributed by atoms with Crippen LogP contribution in [-0.4, -0.2) is 24.2 Å². The van der Waals surface area contributed by atoms with Crippen molar-refractivity contribution in [1.29, 1.82) is 0 Å². The van der Waals surface area contributed by atoms with E-state index in [4.69, 9.17) is 9.26 Å². The minimum atomic E-state index is -0.398. The number of carbonyl (C=O) groups is 1. The zero-order chi connectivity index (χ0) is 17.5. The summed E-state index contributed by atoms with van der Waals surface area (Å²) in [5.74, 6) is 0.145. The van der Waals surface area contributed by atoms with Gasteiger partial charge in [-0.3, -0.25) is 0 Å². The van der Waals surface area contributed by atoms with Crippen LogP contribution in [0.4, 0.5) is 5.69 Å². The summed E-state index contributed by atoms with van der Waals surface area (Å²) < 4.78 is 10.1. The van der Waals surface area contributed by atoms with Crippen molar-refractivity contribution in [2.45, 2.75) is 39.2 Å². The van der Waals surface area contributed by atoms with Crippen LogP contribution in [0.5, 0.6) is 0 Å². The average molecular weight is 340 g/mol. The summed E-state index contributed by atoms with van der Waals surface area (Å²) in [4.78, 5) is 14.2. The molecule has 0 unspecified atom stereocenters. The molecule has 1 aliphatic heterocycles. The van der Waals surface area contributed by atoms with E-state index in [0.717, 1.165) is 24.3 Å². The molecule has 2 aromatic rings. The van der Waals surface area contributed by atoms with Gasteiger partial charge in [-0.05, 0) is 43.5 Å². The fraction of sp³-hybridized carbons (Fsp3) is 0.400. The second-order valence-electron chi connectivity index (χ2n) is 6.37. The van der Waals surface area contributed by atoms with Crippen molar-refractivity contribution < 1.29 is 14.1 Å². The van der Waals surface area contributed by atoms with Crippen molar-refractivity contribution in [2.24, 2.45) is 0 Å². The molecule has 1 aliphatic rings. The molecule has 0 saturated carbocycles. The monoisotopic (exact) mass is 340 g/mol.